The molecule has 1 saturated carbocycles. The molecule has 1 amide bonds. The summed E-state index contributed by atoms with van der Waals surface area (Å²) in [6, 6.07) is 2.82. The van der Waals surface area contributed by atoms with Crippen molar-refractivity contribution in [3.05, 3.63) is 22.4 Å². The number of thioether (sulfide) groups is 1. The number of rotatable bonds is 2. The van der Waals surface area contributed by atoms with Crippen molar-refractivity contribution in [1.29, 1.82) is 0 Å². The third-order valence-electron chi connectivity index (χ3n) is 4.12. The molecule has 2 atom stereocenters. The smallest absolute Gasteiger partial charge is 0.270 e. The summed E-state index contributed by atoms with van der Waals surface area (Å²) in [5.74, 6) is 1.24. The summed E-state index contributed by atoms with van der Waals surface area (Å²) >= 11 is 5.46. The Bertz CT molecular complexity index is 498. The van der Waals surface area contributed by atoms with Gasteiger partial charge in [-0.15, -0.1) is 0 Å². The molecule has 104 valence electrons. The molecule has 1 aliphatic heterocycles. The van der Waals surface area contributed by atoms with Crippen LogP contribution in [0.15, 0.2) is 16.7 Å². The minimum Gasteiger partial charge on any atom is -0.339 e. The molecule has 3 rings (SSSR count). The van der Waals surface area contributed by atoms with E-state index in [0.717, 1.165) is 22.5 Å². The van der Waals surface area contributed by atoms with Crippen molar-refractivity contribution >= 4 is 33.6 Å². The van der Waals surface area contributed by atoms with Crippen LogP contribution >= 0.6 is 27.7 Å². The van der Waals surface area contributed by atoms with Gasteiger partial charge in [0.15, 0.2) is 0 Å². The zero-order valence-electron chi connectivity index (χ0n) is 11.3. The molecule has 0 spiro atoms. The second-order valence-corrected chi connectivity index (χ2v) is 7.90. The molecule has 0 bridgehead atoms. The molecule has 3 nitrogen and oxygen atoms in total. The Labute approximate surface area is 126 Å². The van der Waals surface area contributed by atoms with Gasteiger partial charge < -0.3 is 9.47 Å². The number of carbonyl (C=O) groups is 1. The zero-order valence-corrected chi connectivity index (χ0v) is 13.7. The third kappa shape index (κ3) is 2.59. The second-order valence-electron chi connectivity index (χ2n) is 5.50. The van der Waals surface area contributed by atoms with Crippen LogP contribution in [0.3, 0.4) is 0 Å². The van der Waals surface area contributed by atoms with E-state index in [1.165, 1.54) is 12.8 Å². The number of carbonyl (C=O) groups excluding carboxylic acids is 1. The molecule has 1 aromatic heterocycles. The van der Waals surface area contributed by atoms with Crippen LogP contribution < -0.4 is 0 Å². The van der Waals surface area contributed by atoms with Gasteiger partial charge in [0.2, 0.25) is 0 Å². The highest BCUT2D eigenvalue weighted by Gasteiger charge is 2.33. The lowest BCUT2D eigenvalue weighted by molar-refractivity contribution is 0.0687. The van der Waals surface area contributed by atoms with Gasteiger partial charge in [-0.3, -0.25) is 4.79 Å². The van der Waals surface area contributed by atoms with E-state index in [-0.39, 0.29) is 5.91 Å². The summed E-state index contributed by atoms with van der Waals surface area (Å²) in [7, 11) is 0. The number of hydrogen-bond acceptors (Lipinski definition) is 2. The minimum absolute atomic E-state index is 0.192. The minimum atomic E-state index is 0.192. The van der Waals surface area contributed by atoms with Gasteiger partial charge >= 0.3 is 0 Å². The second kappa shape index (κ2) is 5.17. The Hall–Kier alpha value is -0.420. The first-order valence-corrected chi connectivity index (χ1v) is 8.72. The van der Waals surface area contributed by atoms with Crippen molar-refractivity contribution in [1.82, 2.24) is 9.47 Å². The van der Waals surface area contributed by atoms with Crippen molar-refractivity contribution < 1.29 is 4.79 Å². The topological polar surface area (TPSA) is 25.2 Å². The number of amides is 1. The average Bonchev–Trinajstić information content (AvgIpc) is 3.15. The van der Waals surface area contributed by atoms with Gasteiger partial charge in [-0.2, -0.15) is 11.8 Å². The number of nitrogens with zero attached hydrogens (tertiary/aromatic N) is 2. The first-order valence-electron chi connectivity index (χ1n) is 6.88. The molecule has 2 unspecified atom stereocenters. The molecule has 1 aliphatic carbocycles. The molecule has 0 N–H and O–H groups in total. The van der Waals surface area contributed by atoms with Crippen LogP contribution in [0.4, 0.5) is 0 Å². The lowest BCUT2D eigenvalue weighted by atomic mass is 10.2. The Morgan fingerprint density at radius 3 is 2.84 bits per heavy atom. The summed E-state index contributed by atoms with van der Waals surface area (Å²) in [5.41, 5.74) is 0.848. The lowest BCUT2D eigenvalue weighted by Crippen LogP contribution is -2.48. The van der Waals surface area contributed by atoms with Gasteiger partial charge in [0, 0.05) is 40.3 Å². The van der Waals surface area contributed by atoms with Crippen LogP contribution in [0.25, 0.3) is 0 Å². The van der Waals surface area contributed by atoms with Crippen LogP contribution in [0.2, 0.25) is 0 Å². The van der Waals surface area contributed by atoms with E-state index in [4.69, 9.17) is 0 Å². The number of aromatic nitrogens is 1. The number of halogens is 1. The van der Waals surface area contributed by atoms with Gasteiger partial charge in [-0.25, -0.2) is 0 Å². The maximum atomic E-state index is 12.8. The van der Waals surface area contributed by atoms with E-state index in [9.17, 15) is 4.79 Å². The van der Waals surface area contributed by atoms with Crippen molar-refractivity contribution in [3.8, 4) is 0 Å². The Kier molecular flexibility index (Phi) is 3.69. The molecule has 2 aliphatic rings. The van der Waals surface area contributed by atoms with Gasteiger partial charge in [-0.1, -0.05) is 6.92 Å². The van der Waals surface area contributed by atoms with E-state index in [2.05, 4.69) is 40.5 Å². The maximum absolute atomic E-state index is 12.8. The highest BCUT2D eigenvalue weighted by molar-refractivity contribution is 9.10. The summed E-state index contributed by atoms with van der Waals surface area (Å²) in [6.45, 7) is 5.24. The molecular weight excluding hydrogens is 324 g/mol. The largest absolute Gasteiger partial charge is 0.339 e. The predicted octanol–water partition coefficient (Wildman–Crippen LogP) is 3.55. The molecule has 0 aromatic carbocycles. The molecule has 2 heterocycles. The molecule has 1 saturated heterocycles. The van der Waals surface area contributed by atoms with Gasteiger partial charge in [0.25, 0.3) is 5.91 Å². The maximum Gasteiger partial charge on any atom is 0.270 e. The zero-order chi connectivity index (χ0) is 13.6. The van der Waals surface area contributed by atoms with Crippen LogP contribution in [-0.2, 0) is 0 Å². The lowest BCUT2D eigenvalue weighted by Gasteiger charge is -2.37. The molecule has 5 heteroatoms. The predicted molar refractivity (Wildman–Crippen MR) is 82.8 cm³/mol. The standard InChI is InChI=1S/C14H19BrN2OS/c1-9-10(2)19-6-5-16(9)14(18)13-7-11(15)8-17(13)12-3-4-12/h7-10,12H,3-6H2,1-2H3. The summed E-state index contributed by atoms with van der Waals surface area (Å²) in [5, 5.41) is 0.519. The highest BCUT2D eigenvalue weighted by atomic mass is 79.9. The van der Waals surface area contributed by atoms with Crippen LogP contribution in [0.5, 0.6) is 0 Å². The van der Waals surface area contributed by atoms with Crippen molar-refractivity contribution in [2.24, 2.45) is 0 Å². The fraction of sp³-hybridized carbons (Fsp3) is 0.643. The van der Waals surface area contributed by atoms with Crippen molar-refractivity contribution in [3.63, 3.8) is 0 Å². The molecule has 0 radical (unpaired) electrons. The monoisotopic (exact) mass is 342 g/mol. The normalized spacial score (nSPS) is 27.6. The molecule has 19 heavy (non-hydrogen) atoms. The summed E-state index contributed by atoms with van der Waals surface area (Å²) in [6.07, 6.45) is 4.45. The Morgan fingerprint density at radius 1 is 1.42 bits per heavy atom. The SMILES string of the molecule is CC1SCCN(C(=O)c2cc(Br)cn2C2CC2)C1C. The van der Waals surface area contributed by atoms with E-state index in [1.54, 1.807) is 0 Å². The van der Waals surface area contributed by atoms with E-state index in [1.807, 2.05) is 22.7 Å². The first-order chi connectivity index (χ1) is 9.08. The van der Waals surface area contributed by atoms with Crippen LogP contribution in [-0.4, -0.2) is 39.0 Å². The molecular formula is C14H19BrN2OS. The summed E-state index contributed by atoms with van der Waals surface area (Å²) < 4.78 is 3.17. The highest BCUT2D eigenvalue weighted by Crippen LogP contribution is 2.38. The quantitative estimate of drug-likeness (QED) is 0.821. The summed E-state index contributed by atoms with van der Waals surface area (Å²) in [4.78, 5) is 14.8. The van der Waals surface area contributed by atoms with Crippen molar-refractivity contribution in [2.45, 2.75) is 44.0 Å². The van der Waals surface area contributed by atoms with Crippen LogP contribution in [0.1, 0.15) is 43.2 Å². The number of hydrogen-bond donors (Lipinski definition) is 0. The third-order valence-corrected chi connectivity index (χ3v) is 5.89. The fourth-order valence-electron chi connectivity index (χ4n) is 2.64. The van der Waals surface area contributed by atoms with Gasteiger partial charge in [-0.05, 0) is 41.8 Å². The fourth-order valence-corrected chi connectivity index (χ4v) is 4.18. The van der Waals surface area contributed by atoms with E-state index >= 15 is 0 Å². The van der Waals surface area contributed by atoms with Crippen LogP contribution in [0, 0.1) is 0 Å². The van der Waals surface area contributed by atoms with E-state index < -0.39 is 0 Å². The van der Waals surface area contributed by atoms with Crippen molar-refractivity contribution in [2.75, 3.05) is 12.3 Å². The van der Waals surface area contributed by atoms with E-state index in [0.29, 0.717) is 17.3 Å². The Morgan fingerprint density at radius 2 is 2.16 bits per heavy atom. The molecule has 2 fully saturated rings. The average molecular weight is 343 g/mol. The first kappa shape index (κ1) is 13.6. The van der Waals surface area contributed by atoms with Gasteiger partial charge in [0.1, 0.15) is 5.69 Å². The molecule has 1 aromatic rings. The Balaban J connectivity index is 1.87. The van der Waals surface area contributed by atoms with Gasteiger partial charge in [0.05, 0.1) is 0 Å².